The third kappa shape index (κ3) is 3.74. The van der Waals surface area contributed by atoms with Crippen LogP contribution >= 0.6 is 15.9 Å². The highest BCUT2D eigenvalue weighted by atomic mass is 79.9. The van der Waals surface area contributed by atoms with Crippen LogP contribution in [0.3, 0.4) is 0 Å². The van der Waals surface area contributed by atoms with Crippen molar-refractivity contribution in [1.29, 1.82) is 0 Å². The first-order valence-corrected chi connectivity index (χ1v) is 8.56. The molecule has 0 atom stereocenters. The third-order valence-electron chi connectivity index (χ3n) is 3.85. The Morgan fingerprint density at radius 1 is 1.17 bits per heavy atom. The van der Waals surface area contributed by atoms with Crippen molar-refractivity contribution >= 4 is 38.4 Å². The van der Waals surface area contributed by atoms with Gasteiger partial charge >= 0.3 is 0 Å². The molecule has 0 spiro atoms. The molecule has 0 saturated carbocycles. The summed E-state index contributed by atoms with van der Waals surface area (Å²) in [7, 11) is 1.64. The minimum Gasteiger partial charge on any atom is -0.384 e. The van der Waals surface area contributed by atoms with Crippen LogP contribution in [0.4, 0.5) is 5.69 Å². The Bertz CT molecular complexity index is 879. The summed E-state index contributed by atoms with van der Waals surface area (Å²) in [4.78, 5) is 16.1. The van der Waals surface area contributed by atoms with Gasteiger partial charge in [0.1, 0.15) is 0 Å². The van der Waals surface area contributed by atoms with Gasteiger partial charge in [-0.25, -0.2) is 0 Å². The van der Waals surface area contributed by atoms with Crippen molar-refractivity contribution < 1.29 is 4.79 Å². The number of pyridine rings is 1. The fraction of sp³-hybridized carbons (Fsp3) is 0.158. The van der Waals surface area contributed by atoms with Crippen molar-refractivity contribution in [1.82, 2.24) is 10.3 Å². The van der Waals surface area contributed by atoms with Gasteiger partial charge in [-0.05, 0) is 48.4 Å². The van der Waals surface area contributed by atoms with Crippen molar-refractivity contribution in [2.75, 3.05) is 18.9 Å². The maximum absolute atomic E-state index is 11.7. The quantitative estimate of drug-likeness (QED) is 0.699. The number of carbonyl (C=O) groups is 1. The van der Waals surface area contributed by atoms with Gasteiger partial charge in [0.2, 0.25) is 0 Å². The molecule has 1 heterocycles. The van der Waals surface area contributed by atoms with Crippen LogP contribution in [0.25, 0.3) is 10.9 Å². The van der Waals surface area contributed by atoms with Crippen LogP contribution < -0.4 is 10.6 Å². The first-order chi connectivity index (χ1) is 11.7. The number of carbonyl (C=O) groups excluding carboxylic acids is 1. The standard InChI is InChI=1S/C19H18BrN3O/c1-21-19(24)14-4-2-3-13(11-14)7-9-22-17-8-10-23-18-12-15(20)5-6-16(17)18/h2-6,8,10-12H,7,9H2,1H3,(H,21,24)(H,22,23). The van der Waals surface area contributed by atoms with E-state index in [-0.39, 0.29) is 5.91 Å². The minimum absolute atomic E-state index is 0.0597. The van der Waals surface area contributed by atoms with E-state index in [0.29, 0.717) is 5.56 Å². The van der Waals surface area contributed by atoms with E-state index in [1.807, 2.05) is 48.7 Å². The Balaban J connectivity index is 1.70. The molecule has 0 saturated heterocycles. The van der Waals surface area contributed by atoms with Gasteiger partial charge in [0.25, 0.3) is 5.91 Å². The predicted molar refractivity (Wildman–Crippen MR) is 101 cm³/mol. The number of halogens is 1. The highest BCUT2D eigenvalue weighted by Crippen LogP contribution is 2.24. The highest BCUT2D eigenvalue weighted by Gasteiger charge is 2.05. The average molecular weight is 384 g/mol. The molecule has 1 amide bonds. The lowest BCUT2D eigenvalue weighted by Crippen LogP contribution is -2.18. The van der Waals surface area contributed by atoms with Crippen molar-refractivity contribution in [3.8, 4) is 0 Å². The number of rotatable bonds is 5. The molecule has 0 unspecified atom stereocenters. The summed E-state index contributed by atoms with van der Waals surface area (Å²) in [6.45, 7) is 0.784. The predicted octanol–water partition coefficient (Wildman–Crippen LogP) is 4.01. The summed E-state index contributed by atoms with van der Waals surface area (Å²) >= 11 is 3.47. The molecule has 1 aromatic heterocycles. The monoisotopic (exact) mass is 383 g/mol. The van der Waals surface area contributed by atoms with Crippen LogP contribution in [0, 0.1) is 0 Å². The lowest BCUT2D eigenvalue weighted by atomic mass is 10.1. The summed E-state index contributed by atoms with van der Waals surface area (Å²) in [5.74, 6) is -0.0597. The van der Waals surface area contributed by atoms with Crippen molar-refractivity contribution in [2.24, 2.45) is 0 Å². The number of amides is 1. The zero-order valence-corrected chi connectivity index (χ0v) is 14.9. The van der Waals surface area contributed by atoms with Crippen molar-refractivity contribution in [2.45, 2.75) is 6.42 Å². The fourth-order valence-corrected chi connectivity index (χ4v) is 2.98. The Morgan fingerprint density at radius 2 is 2.04 bits per heavy atom. The van der Waals surface area contributed by atoms with Gasteiger partial charge < -0.3 is 10.6 Å². The first kappa shape index (κ1) is 16.5. The molecule has 3 rings (SSSR count). The topological polar surface area (TPSA) is 54.0 Å². The molecule has 0 aliphatic carbocycles. The first-order valence-electron chi connectivity index (χ1n) is 7.76. The van der Waals surface area contributed by atoms with Crippen molar-refractivity contribution in [3.63, 3.8) is 0 Å². The summed E-state index contributed by atoms with van der Waals surface area (Å²) < 4.78 is 1.02. The molecule has 0 aliphatic heterocycles. The van der Waals surface area contributed by atoms with E-state index in [2.05, 4.69) is 37.6 Å². The number of fused-ring (bicyclic) bond motifs is 1. The second-order valence-corrected chi connectivity index (χ2v) is 6.39. The van der Waals surface area contributed by atoms with E-state index < -0.39 is 0 Å². The largest absolute Gasteiger partial charge is 0.384 e. The Hall–Kier alpha value is -2.40. The van der Waals surface area contributed by atoms with Gasteiger partial charge in [-0.2, -0.15) is 0 Å². The molecule has 24 heavy (non-hydrogen) atoms. The van der Waals surface area contributed by atoms with E-state index in [1.165, 1.54) is 0 Å². The zero-order valence-electron chi connectivity index (χ0n) is 13.3. The summed E-state index contributed by atoms with van der Waals surface area (Å²) in [6.07, 6.45) is 2.65. The molecule has 0 bridgehead atoms. The number of hydrogen-bond donors (Lipinski definition) is 2. The molecular formula is C19H18BrN3O. The van der Waals surface area contributed by atoms with Gasteiger partial charge in [0.15, 0.2) is 0 Å². The lowest BCUT2D eigenvalue weighted by Gasteiger charge is -2.10. The number of benzene rings is 2. The van der Waals surface area contributed by atoms with Gasteiger partial charge in [-0.15, -0.1) is 0 Å². The van der Waals surface area contributed by atoms with E-state index in [4.69, 9.17) is 0 Å². The average Bonchev–Trinajstić information content (AvgIpc) is 2.61. The molecular weight excluding hydrogens is 366 g/mol. The Kier molecular flexibility index (Phi) is 5.11. The van der Waals surface area contributed by atoms with Gasteiger partial charge in [-0.3, -0.25) is 9.78 Å². The minimum atomic E-state index is -0.0597. The molecule has 4 nitrogen and oxygen atoms in total. The molecule has 3 aromatic rings. The molecule has 0 radical (unpaired) electrons. The second kappa shape index (κ2) is 7.45. The molecule has 0 fully saturated rings. The summed E-state index contributed by atoms with van der Waals surface area (Å²) in [5, 5.41) is 7.21. The van der Waals surface area contributed by atoms with E-state index >= 15 is 0 Å². The molecule has 0 aliphatic rings. The van der Waals surface area contributed by atoms with E-state index in [0.717, 1.165) is 39.6 Å². The van der Waals surface area contributed by atoms with Crippen LogP contribution in [0.1, 0.15) is 15.9 Å². The van der Waals surface area contributed by atoms with Crippen LogP contribution in [0.5, 0.6) is 0 Å². The smallest absolute Gasteiger partial charge is 0.251 e. The second-order valence-electron chi connectivity index (χ2n) is 5.48. The molecule has 5 heteroatoms. The normalized spacial score (nSPS) is 10.6. The van der Waals surface area contributed by atoms with E-state index in [9.17, 15) is 4.79 Å². The molecule has 2 N–H and O–H groups in total. The number of anilines is 1. The van der Waals surface area contributed by atoms with Crippen LogP contribution in [-0.2, 0) is 6.42 Å². The maximum atomic E-state index is 11.7. The number of nitrogens with zero attached hydrogens (tertiary/aromatic N) is 1. The number of nitrogens with one attached hydrogen (secondary N) is 2. The number of hydrogen-bond acceptors (Lipinski definition) is 3. The third-order valence-corrected chi connectivity index (χ3v) is 4.34. The van der Waals surface area contributed by atoms with Gasteiger partial charge in [0.05, 0.1) is 5.52 Å². The molecule has 2 aromatic carbocycles. The fourth-order valence-electron chi connectivity index (χ4n) is 2.63. The highest BCUT2D eigenvalue weighted by molar-refractivity contribution is 9.10. The Labute approximate surface area is 149 Å². The maximum Gasteiger partial charge on any atom is 0.251 e. The number of aromatic nitrogens is 1. The Morgan fingerprint density at radius 3 is 2.88 bits per heavy atom. The zero-order chi connectivity index (χ0) is 16.9. The summed E-state index contributed by atoms with van der Waals surface area (Å²) in [5.41, 5.74) is 3.84. The van der Waals surface area contributed by atoms with Crippen LogP contribution in [0.2, 0.25) is 0 Å². The van der Waals surface area contributed by atoms with Gasteiger partial charge in [0, 0.05) is 40.9 Å². The lowest BCUT2D eigenvalue weighted by molar-refractivity contribution is 0.0963. The SMILES string of the molecule is CNC(=O)c1cccc(CCNc2ccnc3cc(Br)ccc23)c1. The van der Waals surface area contributed by atoms with Crippen molar-refractivity contribution in [3.05, 3.63) is 70.3 Å². The van der Waals surface area contributed by atoms with Gasteiger partial charge in [-0.1, -0.05) is 28.1 Å². The van der Waals surface area contributed by atoms with Crippen LogP contribution in [-0.4, -0.2) is 24.5 Å². The van der Waals surface area contributed by atoms with Crippen LogP contribution in [0.15, 0.2) is 59.2 Å². The van der Waals surface area contributed by atoms with E-state index in [1.54, 1.807) is 7.05 Å². The summed E-state index contributed by atoms with van der Waals surface area (Å²) in [6, 6.07) is 15.8. The molecule has 122 valence electrons.